The van der Waals surface area contributed by atoms with Crippen LogP contribution in [0.15, 0.2) is 64.2 Å². The van der Waals surface area contributed by atoms with Crippen molar-refractivity contribution in [1.82, 2.24) is 5.43 Å². The second-order valence-electron chi connectivity index (χ2n) is 5.54. The number of carbonyl (C=O) groups excluding carboxylic acids is 1. The molecule has 112 valence electrons. The normalized spacial score (nSPS) is 20.5. The first-order valence-electron chi connectivity index (χ1n) is 7.30. The summed E-state index contributed by atoms with van der Waals surface area (Å²) in [5.41, 5.74) is 5.73. The lowest BCUT2D eigenvalue weighted by Gasteiger charge is -2.03. The molecule has 0 heterocycles. The number of benzene rings is 2. The van der Waals surface area contributed by atoms with Crippen molar-refractivity contribution < 1.29 is 4.79 Å². The van der Waals surface area contributed by atoms with Crippen LogP contribution < -0.4 is 5.43 Å². The maximum atomic E-state index is 12.2. The Bertz CT molecular complexity index is 695. The van der Waals surface area contributed by atoms with Gasteiger partial charge in [0.1, 0.15) is 0 Å². The summed E-state index contributed by atoms with van der Waals surface area (Å²) in [6.07, 6.45) is 0.905. The summed E-state index contributed by atoms with van der Waals surface area (Å²) in [5.74, 6) is 0.388. The van der Waals surface area contributed by atoms with Gasteiger partial charge in [0.2, 0.25) is 5.91 Å². The van der Waals surface area contributed by atoms with Crippen molar-refractivity contribution in [3.8, 4) is 0 Å². The van der Waals surface area contributed by atoms with Crippen LogP contribution in [-0.4, -0.2) is 11.6 Å². The zero-order chi connectivity index (χ0) is 15.5. The van der Waals surface area contributed by atoms with Gasteiger partial charge in [0, 0.05) is 10.4 Å². The number of hydrogen-bond donors (Lipinski definition) is 1. The minimum absolute atomic E-state index is 0.00492. The van der Waals surface area contributed by atoms with E-state index in [9.17, 15) is 4.79 Å². The summed E-state index contributed by atoms with van der Waals surface area (Å²) in [7, 11) is 0. The van der Waals surface area contributed by atoms with Gasteiger partial charge < -0.3 is 0 Å². The van der Waals surface area contributed by atoms with Crippen molar-refractivity contribution in [3.63, 3.8) is 0 Å². The fraction of sp³-hybridized carbons (Fsp3) is 0.222. The molecule has 1 aliphatic carbocycles. The zero-order valence-corrected chi connectivity index (χ0v) is 13.9. The highest BCUT2D eigenvalue weighted by Gasteiger charge is 2.43. The van der Waals surface area contributed by atoms with Crippen LogP contribution in [0.4, 0.5) is 0 Å². The van der Waals surface area contributed by atoms with E-state index < -0.39 is 0 Å². The molecule has 0 aromatic heterocycles. The fourth-order valence-electron chi connectivity index (χ4n) is 2.53. The monoisotopic (exact) mass is 356 g/mol. The molecule has 0 bridgehead atoms. The quantitative estimate of drug-likeness (QED) is 0.650. The van der Waals surface area contributed by atoms with Gasteiger partial charge in [-0.05, 0) is 42.5 Å². The lowest BCUT2D eigenvalue weighted by Crippen LogP contribution is -2.21. The SMILES string of the molecule is C/C(=N\NC(=O)C1CC1c1ccccc1)c1ccc(Br)cc1. The Morgan fingerprint density at radius 1 is 1.14 bits per heavy atom. The minimum Gasteiger partial charge on any atom is -0.273 e. The summed E-state index contributed by atoms with van der Waals surface area (Å²) >= 11 is 3.40. The molecule has 3 rings (SSSR count). The summed E-state index contributed by atoms with van der Waals surface area (Å²) in [6.45, 7) is 1.89. The van der Waals surface area contributed by atoms with E-state index in [1.165, 1.54) is 5.56 Å². The van der Waals surface area contributed by atoms with Gasteiger partial charge in [-0.1, -0.05) is 58.4 Å². The summed E-state index contributed by atoms with van der Waals surface area (Å²) in [5, 5.41) is 4.22. The number of halogens is 1. The highest BCUT2D eigenvalue weighted by Crippen LogP contribution is 2.47. The van der Waals surface area contributed by atoms with Gasteiger partial charge in [0.15, 0.2) is 0 Å². The predicted octanol–water partition coefficient (Wildman–Crippen LogP) is 4.09. The molecule has 0 aliphatic heterocycles. The molecule has 4 heteroatoms. The minimum atomic E-state index is 0.00492. The molecule has 1 amide bonds. The second-order valence-corrected chi connectivity index (χ2v) is 6.46. The number of rotatable bonds is 4. The topological polar surface area (TPSA) is 41.5 Å². The van der Waals surface area contributed by atoms with Crippen LogP contribution >= 0.6 is 15.9 Å². The first-order chi connectivity index (χ1) is 10.6. The van der Waals surface area contributed by atoms with Gasteiger partial charge in [-0.2, -0.15) is 5.10 Å². The Labute approximate surface area is 138 Å². The number of nitrogens with zero attached hydrogens (tertiary/aromatic N) is 1. The second kappa shape index (κ2) is 6.44. The van der Waals surface area contributed by atoms with E-state index in [0.717, 1.165) is 22.2 Å². The van der Waals surface area contributed by atoms with Gasteiger partial charge in [-0.25, -0.2) is 5.43 Å². The maximum absolute atomic E-state index is 12.2. The molecule has 0 radical (unpaired) electrons. The molecule has 1 aliphatic rings. The van der Waals surface area contributed by atoms with Gasteiger partial charge in [0.05, 0.1) is 5.71 Å². The fourth-order valence-corrected chi connectivity index (χ4v) is 2.80. The van der Waals surface area contributed by atoms with Crippen molar-refractivity contribution >= 4 is 27.5 Å². The molecule has 22 heavy (non-hydrogen) atoms. The van der Waals surface area contributed by atoms with E-state index in [1.807, 2.05) is 49.4 Å². The molecule has 2 aromatic carbocycles. The van der Waals surface area contributed by atoms with Crippen molar-refractivity contribution in [2.45, 2.75) is 19.3 Å². The number of hydrazone groups is 1. The van der Waals surface area contributed by atoms with E-state index in [0.29, 0.717) is 5.92 Å². The third-order valence-corrected chi connectivity index (χ3v) is 4.48. The lowest BCUT2D eigenvalue weighted by atomic mass is 10.1. The number of amides is 1. The number of nitrogens with one attached hydrogen (secondary N) is 1. The number of hydrogen-bond acceptors (Lipinski definition) is 2. The summed E-state index contributed by atoms with van der Waals surface area (Å²) in [4.78, 5) is 12.2. The Morgan fingerprint density at radius 2 is 1.82 bits per heavy atom. The van der Waals surface area contributed by atoms with E-state index in [1.54, 1.807) is 0 Å². The Hall–Kier alpha value is -1.94. The Balaban J connectivity index is 1.59. The van der Waals surface area contributed by atoms with Gasteiger partial charge >= 0.3 is 0 Å². The van der Waals surface area contributed by atoms with Crippen molar-refractivity contribution in [3.05, 3.63) is 70.2 Å². The third kappa shape index (κ3) is 3.45. The van der Waals surface area contributed by atoms with Crippen LogP contribution in [0.2, 0.25) is 0 Å². The van der Waals surface area contributed by atoms with Crippen LogP contribution in [0.3, 0.4) is 0 Å². The molecule has 0 saturated heterocycles. The van der Waals surface area contributed by atoms with Gasteiger partial charge in [0.25, 0.3) is 0 Å². The Kier molecular flexibility index (Phi) is 4.39. The highest BCUT2D eigenvalue weighted by atomic mass is 79.9. The smallest absolute Gasteiger partial charge is 0.243 e. The van der Waals surface area contributed by atoms with E-state index in [-0.39, 0.29) is 11.8 Å². The van der Waals surface area contributed by atoms with E-state index in [2.05, 4.69) is 38.6 Å². The molecule has 2 unspecified atom stereocenters. The van der Waals surface area contributed by atoms with Crippen LogP contribution in [0.1, 0.15) is 30.4 Å². The molecule has 0 spiro atoms. The zero-order valence-electron chi connectivity index (χ0n) is 12.3. The standard InChI is InChI=1S/C18H17BrN2O/c1-12(13-7-9-15(19)10-8-13)20-21-18(22)17-11-16(17)14-5-3-2-4-6-14/h2-10,16-17H,11H2,1H3,(H,21,22)/b20-12+. The Morgan fingerprint density at radius 3 is 2.50 bits per heavy atom. The van der Waals surface area contributed by atoms with Crippen molar-refractivity contribution in [2.24, 2.45) is 11.0 Å². The van der Waals surface area contributed by atoms with Crippen molar-refractivity contribution in [2.75, 3.05) is 0 Å². The average Bonchev–Trinajstić information content (AvgIpc) is 3.34. The summed E-state index contributed by atoms with van der Waals surface area (Å²) in [6, 6.07) is 18.0. The van der Waals surface area contributed by atoms with E-state index in [4.69, 9.17) is 0 Å². The molecule has 3 nitrogen and oxygen atoms in total. The van der Waals surface area contributed by atoms with Crippen LogP contribution in [-0.2, 0) is 4.79 Å². The first kappa shape index (κ1) is 15.0. The largest absolute Gasteiger partial charge is 0.273 e. The molecule has 2 atom stereocenters. The molecular weight excluding hydrogens is 340 g/mol. The van der Waals surface area contributed by atoms with Crippen LogP contribution in [0, 0.1) is 5.92 Å². The van der Waals surface area contributed by atoms with Gasteiger partial charge in [-0.3, -0.25) is 4.79 Å². The highest BCUT2D eigenvalue weighted by molar-refractivity contribution is 9.10. The maximum Gasteiger partial charge on any atom is 0.243 e. The van der Waals surface area contributed by atoms with E-state index >= 15 is 0 Å². The lowest BCUT2D eigenvalue weighted by molar-refractivity contribution is -0.122. The molecular formula is C18H17BrN2O. The molecule has 1 saturated carbocycles. The molecule has 2 aromatic rings. The van der Waals surface area contributed by atoms with Crippen LogP contribution in [0.5, 0.6) is 0 Å². The predicted molar refractivity (Wildman–Crippen MR) is 91.8 cm³/mol. The summed E-state index contributed by atoms with van der Waals surface area (Å²) < 4.78 is 1.02. The number of carbonyl (C=O) groups is 1. The van der Waals surface area contributed by atoms with Crippen molar-refractivity contribution in [1.29, 1.82) is 0 Å². The molecule has 1 N–H and O–H groups in total. The average molecular weight is 357 g/mol. The first-order valence-corrected chi connectivity index (χ1v) is 8.09. The third-order valence-electron chi connectivity index (χ3n) is 3.95. The molecule has 1 fully saturated rings. The van der Waals surface area contributed by atoms with Crippen LogP contribution in [0.25, 0.3) is 0 Å². The van der Waals surface area contributed by atoms with Gasteiger partial charge in [-0.15, -0.1) is 0 Å².